The molecule has 0 aromatic heterocycles. The van der Waals surface area contributed by atoms with Gasteiger partial charge in [0.2, 0.25) is 0 Å². The van der Waals surface area contributed by atoms with Crippen LogP contribution in [0.1, 0.15) is 32.8 Å². The third-order valence-electron chi connectivity index (χ3n) is 3.34. The van der Waals surface area contributed by atoms with E-state index in [0.29, 0.717) is 5.75 Å². The van der Waals surface area contributed by atoms with Gasteiger partial charge in [0, 0.05) is 5.69 Å². The van der Waals surface area contributed by atoms with E-state index in [0.717, 1.165) is 24.3 Å². The molecule has 0 aliphatic heterocycles. The normalized spacial score (nSPS) is 10.5. The van der Waals surface area contributed by atoms with Crippen LogP contribution in [0.4, 0.5) is 5.69 Å². The van der Waals surface area contributed by atoms with Gasteiger partial charge in [0.15, 0.2) is 6.61 Å². The Labute approximate surface area is 143 Å². The first-order valence-electron chi connectivity index (χ1n) is 8.35. The fourth-order valence-electron chi connectivity index (χ4n) is 2.28. The summed E-state index contributed by atoms with van der Waals surface area (Å²) in [6, 6.07) is 15.2. The number of aryl methyl sites for hydroxylation is 1. The van der Waals surface area contributed by atoms with E-state index < -0.39 is 0 Å². The molecule has 1 N–H and O–H groups in total. The molecule has 4 heteroatoms. The first kappa shape index (κ1) is 17.9. The van der Waals surface area contributed by atoms with E-state index in [9.17, 15) is 4.79 Å². The summed E-state index contributed by atoms with van der Waals surface area (Å²) in [4.78, 5) is 12.0. The fourth-order valence-corrected chi connectivity index (χ4v) is 2.28. The quantitative estimate of drug-likeness (QED) is 0.779. The van der Waals surface area contributed by atoms with E-state index in [2.05, 4.69) is 12.2 Å². The molecule has 0 bridgehead atoms. The highest BCUT2D eigenvalue weighted by atomic mass is 16.5. The molecule has 0 fully saturated rings. The van der Waals surface area contributed by atoms with Crippen molar-refractivity contribution in [2.45, 2.75) is 39.7 Å². The molecule has 0 heterocycles. The number of carbonyl (C=O) groups is 1. The molecule has 2 aromatic carbocycles. The van der Waals surface area contributed by atoms with E-state index in [1.54, 1.807) is 0 Å². The van der Waals surface area contributed by atoms with E-state index in [1.165, 1.54) is 5.56 Å². The molecule has 0 unspecified atom stereocenters. The molecular formula is C20H25NO3. The van der Waals surface area contributed by atoms with E-state index in [-0.39, 0.29) is 18.6 Å². The van der Waals surface area contributed by atoms with Crippen molar-refractivity contribution in [2.24, 2.45) is 0 Å². The molecule has 4 nitrogen and oxygen atoms in total. The van der Waals surface area contributed by atoms with Crippen molar-refractivity contribution >= 4 is 11.6 Å². The SMILES string of the molecule is CCCc1ccc(OCC(=O)Nc2ccc(OC(C)C)cc2)cc1. The maximum absolute atomic E-state index is 12.0. The van der Waals surface area contributed by atoms with Crippen LogP contribution >= 0.6 is 0 Å². The third kappa shape index (κ3) is 5.95. The summed E-state index contributed by atoms with van der Waals surface area (Å²) in [6.45, 7) is 6.08. The number of carbonyl (C=O) groups excluding carboxylic acids is 1. The molecule has 1 amide bonds. The Balaban J connectivity index is 1.80. The van der Waals surface area contributed by atoms with Crippen molar-refractivity contribution in [2.75, 3.05) is 11.9 Å². The number of benzene rings is 2. The third-order valence-corrected chi connectivity index (χ3v) is 3.34. The van der Waals surface area contributed by atoms with E-state index in [1.807, 2.05) is 62.4 Å². The lowest BCUT2D eigenvalue weighted by Crippen LogP contribution is -2.20. The summed E-state index contributed by atoms with van der Waals surface area (Å²) >= 11 is 0. The molecule has 128 valence electrons. The summed E-state index contributed by atoms with van der Waals surface area (Å²) in [6.07, 6.45) is 2.29. The van der Waals surface area contributed by atoms with Gasteiger partial charge in [-0.2, -0.15) is 0 Å². The summed E-state index contributed by atoms with van der Waals surface area (Å²) in [7, 11) is 0. The molecule has 24 heavy (non-hydrogen) atoms. The van der Waals surface area contributed by atoms with E-state index in [4.69, 9.17) is 9.47 Å². The van der Waals surface area contributed by atoms with Crippen molar-refractivity contribution in [3.63, 3.8) is 0 Å². The lowest BCUT2D eigenvalue weighted by molar-refractivity contribution is -0.118. The summed E-state index contributed by atoms with van der Waals surface area (Å²) in [5.74, 6) is 1.29. The van der Waals surface area contributed by atoms with Crippen molar-refractivity contribution in [1.82, 2.24) is 0 Å². The predicted molar refractivity (Wildman–Crippen MR) is 96.8 cm³/mol. The standard InChI is InChI=1S/C20H25NO3/c1-4-5-16-6-10-18(11-7-16)23-14-20(22)21-17-8-12-19(13-9-17)24-15(2)3/h6-13,15H,4-5,14H2,1-3H3,(H,21,22). The Morgan fingerprint density at radius 3 is 2.21 bits per heavy atom. The predicted octanol–water partition coefficient (Wildman–Crippen LogP) is 4.44. The second-order valence-corrected chi connectivity index (χ2v) is 5.92. The number of amides is 1. The van der Waals surface area contributed by atoms with Gasteiger partial charge in [-0.15, -0.1) is 0 Å². The first-order chi connectivity index (χ1) is 11.6. The van der Waals surface area contributed by atoms with Gasteiger partial charge in [0.1, 0.15) is 11.5 Å². The number of ether oxygens (including phenoxy) is 2. The maximum Gasteiger partial charge on any atom is 0.262 e. The molecule has 2 rings (SSSR count). The second kappa shape index (κ2) is 8.96. The molecule has 0 radical (unpaired) electrons. The zero-order valence-electron chi connectivity index (χ0n) is 14.5. The monoisotopic (exact) mass is 327 g/mol. The maximum atomic E-state index is 12.0. The smallest absolute Gasteiger partial charge is 0.262 e. The lowest BCUT2D eigenvalue weighted by Gasteiger charge is -2.11. The number of rotatable bonds is 8. The zero-order chi connectivity index (χ0) is 17.4. The number of anilines is 1. The van der Waals surface area contributed by atoms with Crippen LogP contribution in [0, 0.1) is 0 Å². The van der Waals surface area contributed by atoms with Crippen LogP contribution in [0.3, 0.4) is 0 Å². The Morgan fingerprint density at radius 1 is 1.00 bits per heavy atom. The van der Waals surface area contributed by atoms with Crippen LogP contribution < -0.4 is 14.8 Å². The van der Waals surface area contributed by atoms with Crippen molar-refractivity contribution in [1.29, 1.82) is 0 Å². The van der Waals surface area contributed by atoms with Crippen LogP contribution in [0.2, 0.25) is 0 Å². The zero-order valence-corrected chi connectivity index (χ0v) is 14.5. The molecule has 0 saturated carbocycles. The topological polar surface area (TPSA) is 47.6 Å². The highest BCUT2D eigenvalue weighted by molar-refractivity contribution is 5.91. The molecule has 0 saturated heterocycles. The Morgan fingerprint density at radius 2 is 1.62 bits per heavy atom. The largest absolute Gasteiger partial charge is 0.491 e. The van der Waals surface area contributed by atoms with Gasteiger partial charge >= 0.3 is 0 Å². The Bertz CT molecular complexity index is 633. The molecular weight excluding hydrogens is 302 g/mol. The van der Waals surface area contributed by atoms with E-state index >= 15 is 0 Å². The van der Waals surface area contributed by atoms with Crippen LogP contribution in [0.5, 0.6) is 11.5 Å². The fraction of sp³-hybridized carbons (Fsp3) is 0.350. The number of hydrogen-bond acceptors (Lipinski definition) is 3. The average Bonchev–Trinajstić information content (AvgIpc) is 2.56. The summed E-state index contributed by atoms with van der Waals surface area (Å²) in [5.41, 5.74) is 2.00. The van der Waals surface area contributed by atoms with Gasteiger partial charge in [-0.1, -0.05) is 25.5 Å². The minimum Gasteiger partial charge on any atom is -0.491 e. The Hall–Kier alpha value is -2.49. The van der Waals surface area contributed by atoms with Gasteiger partial charge in [-0.3, -0.25) is 4.79 Å². The van der Waals surface area contributed by atoms with Gasteiger partial charge < -0.3 is 14.8 Å². The molecule has 0 spiro atoms. The number of nitrogens with one attached hydrogen (secondary N) is 1. The average molecular weight is 327 g/mol. The van der Waals surface area contributed by atoms with Crippen molar-refractivity contribution < 1.29 is 14.3 Å². The second-order valence-electron chi connectivity index (χ2n) is 5.92. The highest BCUT2D eigenvalue weighted by Gasteiger charge is 2.05. The molecule has 0 atom stereocenters. The molecule has 0 aliphatic carbocycles. The van der Waals surface area contributed by atoms with Gasteiger partial charge in [-0.05, 0) is 62.2 Å². The lowest BCUT2D eigenvalue weighted by atomic mass is 10.1. The first-order valence-corrected chi connectivity index (χ1v) is 8.35. The van der Waals surface area contributed by atoms with Gasteiger partial charge in [-0.25, -0.2) is 0 Å². The molecule has 2 aromatic rings. The number of hydrogen-bond donors (Lipinski definition) is 1. The Kier molecular flexibility index (Phi) is 6.67. The minimum absolute atomic E-state index is 0.0165. The highest BCUT2D eigenvalue weighted by Crippen LogP contribution is 2.17. The van der Waals surface area contributed by atoms with Crippen molar-refractivity contribution in [3.05, 3.63) is 54.1 Å². The minimum atomic E-state index is -0.190. The van der Waals surface area contributed by atoms with Crippen LogP contribution in [-0.4, -0.2) is 18.6 Å². The van der Waals surface area contributed by atoms with Crippen LogP contribution in [-0.2, 0) is 11.2 Å². The molecule has 0 aliphatic rings. The van der Waals surface area contributed by atoms with Gasteiger partial charge in [0.05, 0.1) is 6.10 Å². The van der Waals surface area contributed by atoms with Crippen LogP contribution in [0.15, 0.2) is 48.5 Å². The van der Waals surface area contributed by atoms with Gasteiger partial charge in [0.25, 0.3) is 5.91 Å². The summed E-state index contributed by atoms with van der Waals surface area (Å²) < 4.78 is 11.1. The van der Waals surface area contributed by atoms with Crippen molar-refractivity contribution in [3.8, 4) is 11.5 Å². The van der Waals surface area contributed by atoms with Crippen LogP contribution in [0.25, 0.3) is 0 Å². The summed E-state index contributed by atoms with van der Waals surface area (Å²) in [5, 5.41) is 2.80.